The van der Waals surface area contributed by atoms with Crippen molar-refractivity contribution >= 4 is 17.3 Å². The summed E-state index contributed by atoms with van der Waals surface area (Å²) in [4.78, 5) is 12.3. The molecule has 1 unspecified atom stereocenters. The van der Waals surface area contributed by atoms with Gasteiger partial charge >= 0.3 is 0 Å². The van der Waals surface area contributed by atoms with E-state index in [4.69, 9.17) is 10.5 Å². The molecule has 0 aliphatic carbocycles. The first-order valence-corrected chi connectivity index (χ1v) is 7.60. The molecule has 1 amide bonds. The molecule has 2 aromatic rings. The molecule has 0 spiro atoms. The van der Waals surface area contributed by atoms with Crippen LogP contribution in [0.4, 0.5) is 11.4 Å². The van der Waals surface area contributed by atoms with Gasteiger partial charge < -0.3 is 21.1 Å². The highest BCUT2D eigenvalue weighted by Crippen LogP contribution is 2.24. The second kappa shape index (κ2) is 8.19. The molecule has 1 atom stereocenters. The predicted molar refractivity (Wildman–Crippen MR) is 93.5 cm³/mol. The summed E-state index contributed by atoms with van der Waals surface area (Å²) in [7, 11) is 1.60. The zero-order valence-corrected chi connectivity index (χ0v) is 13.5. The maximum absolute atomic E-state index is 12.3. The summed E-state index contributed by atoms with van der Waals surface area (Å²) >= 11 is 0. The fourth-order valence-electron chi connectivity index (χ4n) is 2.30. The smallest absolute Gasteiger partial charge is 0.253 e. The van der Waals surface area contributed by atoms with Gasteiger partial charge in [-0.1, -0.05) is 30.3 Å². The number of anilines is 2. The molecule has 2 rings (SSSR count). The van der Waals surface area contributed by atoms with Crippen LogP contribution in [-0.4, -0.2) is 26.2 Å². The fourth-order valence-corrected chi connectivity index (χ4v) is 2.30. The Hall–Kier alpha value is -2.53. The van der Waals surface area contributed by atoms with Crippen LogP contribution in [0.2, 0.25) is 0 Å². The summed E-state index contributed by atoms with van der Waals surface area (Å²) in [5.41, 5.74) is 8.82. The van der Waals surface area contributed by atoms with E-state index in [1.165, 1.54) is 0 Å². The minimum atomic E-state index is -0.169. The van der Waals surface area contributed by atoms with E-state index >= 15 is 0 Å². The highest BCUT2D eigenvalue weighted by molar-refractivity contribution is 6.00. The monoisotopic (exact) mass is 313 g/mol. The lowest BCUT2D eigenvalue weighted by molar-refractivity contribution is 0.0938. The van der Waals surface area contributed by atoms with Crippen LogP contribution in [-0.2, 0) is 4.74 Å². The zero-order chi connectivity index (χ0) is 16.7. The number of carbonyl (C=O) groups excluding carboxylic acids is 1. The molecule has 23 heavy (non-hydrogen) atoms. The van der Waals surface area contributed by atoms with Crippen molar-refractivity contribution in [3.8, 4) is 0 Å². The number of hydrogen-bond acceptors (Lipinski definition) is 4. The number of amides is 1. The van der Waals surface area contributed by atoms with Crippen LogP contribution in [0.25, 0.3) is 0 Å². The number of methoxy groups -OCH3 is 1. The molecule has 0 saturated carbocycles. The van der Waals surface area contributed by atoms with Crippen molar-refractivity contribution in [1.82, 2.24) is 5.32 Å². The Bertz CT molecular complexity index is 644. The minimum absolute atomic E-state index is 0.0744. The Morgan fingerprint density at radius 2 is 1.96 bits per heavy atom. The van der Waals surface area contributed by atoms with Crippen molar-refractivity contribution in [3.63, 3.8) is 0 Å². The quantitative estimate of drug-likeness (QED) is 0.543. The van der Waals surface area contributed by atoms with Crippen LogP contribution >= 0.6 is 0 Å². The third-order valence-electron chi connectivity index (χ3n) is 3.55. The van der Waals surface area contributed by atoms with Crippen LogP contribution in [0, 0.1) is 0 Å². The number of carbonyl (C=O) groups is 1. The standard InChI is InChI=1S/C18H23N3O2/c1-13(14-6-4-3-5-7-14)21-17-9-8-15(19)12-16(17)18(22)20-10-11-23-2/h3-9,12-13,21H,10-11,19H2,1-2H3,(H,20,22). The van der Waals surface area contributed by atoms with Gasteiger partial charge in [0.2, 0.25) is 0 Å². The third-order valence-corrected chi connectivity index (χ3v) is 3.55. The number of benzene rings is 2. The third kappa shape index (κ3) is 4.72. The van der Waals surface area contributed by atoms with E-state index in [9.17, 15) is 4.79 Å². The molecule has 0 aromatic heterocycles. The zero-order valence-electron chi connectivity index (χ0n) is 13.5. The van der Waals surface area contributed by atoms with Gasteiger partial charge in [0.1, 0.15) is 0 Å². The Kier molecular flexibility index (Phi) is 6.00. The minimum Gasteiger partial charge on any atom is -0.399 e. The van der Waals surface area contributed by atoms with Crippen molar-refractivity contribution in [2.45, 2.75) is 13.0 Å². The topological polar surface area (TPSA) is 76.4 Å². The van der Waals surface area contributed by atoms with E-state index in [2.05, 4.69) is 17.6 Å². The summed E-state index contributed by atoms with van der Waals surface area (Å²) in [6.45, 7) is 2.98. The molecule has 5 nitrogen and oxygen atoms in total. The van der Waals surface area contributed by atoms with Crippen molar-refractivity contribution < 1.29 is 9.53 Å². The van der Waals surface area contributed by atoms with Gasteiger partial charge in [-0.2, -0.15) is 0 Å². The van der Waals surface area contributed by atoms with E-state index in [1.54, 1.807) is 19.2 Å². The largest absolute Gasteiger partial charge is 0.399 e. The van der Waals surface area contributed by atoms with Gasteiger partial charge in [0.25, 0.3) is 5.91 Å². The van der Waals surface area contributed by atoms with Crippen LogP contribution in [0.1, 0.15) is 28.9 Å². The molecule has 5 heteroatoms. The summed E-state index contributed by atoms with van der Waals surface area (Å²) in [6, 6.07) is 15.4. The molecule has 2 aromatic carbocycles. The van der Waals surface area contributed by atoms with E-state index < -0.39 is 0 Å². The average Bonchev–Trinajstić information content (AvgIpc) is 2.57. The van der Waals surface area contributed by atoms with Gasteiger partial charge in [0.15, 0.2) is 0 Å². The normalized spacial score (nSPS) is 11.7. The molecule has 0 radical (unpaired) electrons. The van der Waals surface area contributed by atoms with Crippen molar-refractivity contribution in [1.29, 1.82) is 0 Å². The first-order chi connectivity index (χ1) is 11.1. The molecule has 0 aliphatic heterocycles. The molecule has 0 bridgehead atoms. The number of rotatable bonds is 7. The molecular weight excluding hydrogens is 290 g/mol. The highest BCUT2D eigenvalue weighted by Gasteiger charge is 2.14. The number of nitrogens with two attached hydrogens (primary N) is 1. The lowest BCUT2D eigenvalue weighted by atomic mass is 10.1. The first kappa shape index (κ1) is 16.8. The van der Waals surface area contributed by atoms with E-state index in [0.717, 1.165) is 11.3 Å². The van der Waals surface area contributed by atoms with Crippen molar-refractivity contribution in [3.05, 3.63) is 59.7 Å². The Morgan fingerprint density at radius 1 is 1.22 bits per heavy atom. The molecule has 4 N–H and O–H groups in total. The van der Waals surface area contributed by atoms with Gasteiger partial charge in [0.05, 0.1) is 12.2 Å². The summed E-state index contributed by atoms with van der Waals surface area (Å²) in [6.07, 6.45) is 0. The Morgan fingerprint density at radius 3 is 2.65 bits per heavy atom. The molecule has 122 valence electrons. The fraction of sp³-hybridized carbons (Fsp3) is 0.278. The molecule has 0 fully saturated rings. The molecule has 0 saturated heterocycles. The Balaban J connectivity index is 2.16. The second-order valence-electron chi connectivity index (χ2n) is 5.33. The molecular formula is C18H23N3O2. The number of hydrogen-bond donors (Lipinski definition) is 3. The van der Waals surface area contributed by atoms with Crippen molar-refractivity contribution in [2.24, 2.45) is 0 Å². The summed E-state index contributed by atoms with van der Waals surface area (Å²) in [5, 5.41) is 6.20. The predicted octanol–water partition coefficient (Wildman–Crippen LogP) is 2.82. The number of ether oxygens (including phenoxy) is 1. The van der Waals surface area contributed by atoms with Gasteiger partial charge in [-0.05, 0) is 30.7 Å². The van der Waals surface area contributed by atoms with Gasteiger partial charge in [-0.15, -0.1) is 0 Å². The van der Waals surface area contributed by atoms with E-state index in [0.29, 0.717) is 24.4 Å². The van der Waals surface area contributed by atoms with Crippen LogP contribution in [0.5, 0.6) is 0 Å². The lowest BCUT2D eigenvalue weighted by Crippen LogP contribution is -2.28. The van der Waals surface area contributed by atoms with Gasteiger partial charge in [-0.3, -0.25) is 4.79 Å². The maximum atomic E-state index is 12.3. The van der Waals surface area contributed by atoms with E-state index in [1.807, 2.05) is 36.4 Å². The average molecular weight is 313 g/mol. The van der Waals surface area contributed by atoms with Crippen LogP contribution < -0.4 is 16.4 Å². The molecule has 0 heterocycles. The number of nitrogen functional groups attached to an aromatic ring is 1. The lowest BCUT2D eigenvalue weighted by Gasteiger charge is -2.19. The van der Waals surface area contributed by atoms with Gasteiger partial charge in [0, 0.05) is 31.1 Å². The first-order valence-electron chi connectivity index (χ1n) is 7.60. The van der Waals surface area contributed by atoms with E-state index in [-0.39, 0.29) is 11.9 Å². The highest BCUT2D eigenvalue weighted by atomic mass is 16.5. The van der Waals surface area contributed by atoms with Crippen molar-refractivity contribution in [2.75, 3.05) is 31.3 Å². The maximum Gasteiger partial charge on any atom is 0.253 e. The Labute approximate surface area is 136 Å². The van der Waals surface area contributed by atoms with Gasteiger partial charge in [-0.25, -0.2) is 0 Å². The van der Waals surface area contributed by atoms with Crippen LogP contribution in [0.3, 0.4) is 0 Å². The number of nitrogens with one attached hydrogen (secondary N) is 2. The van der Waals surface area contributed by atoms with Crippen LogP contribution in [0.15, 0.2) is 48.5 Å². The summed E-state index contributed by atoms with van der Waals surface area (Å²) in [5.74, 6) is -0.169. The summed E-state index contributed by atoms with van der Waals surface area (Å²) < 4.78 is 4.95. The molecule has 0 aliphatic rings. The SMILES string of the molecule is COCCNC(=O)c1cc(N)ccc1NC(C)c1ccccc1. The second-order valence-corrected chi connectivity index (χ2v) is 5.33.